The number of hydrogen-bond donors (Lipinski definition) is 2. The van der Waals surface area contributed by atoms with Crippen LogP contribution in [0.4, 0.5) is 0 Å². The molecule has 0 rings (SSSR count). The molecule has 4 heteroatoms. The fourth-order valence-electron chi connectivity index (χ4n) is 0.820. The lowest BCUT2D eigenvalue weighted by molar-refractivity contribution is -0.134. The Hall–Kier alpha value is -1.32. The quantitative estimate of drug-likeness (QED) is 0.484. The third-order valence-corrected chi connectivity index (χ3v) is 1.56. The Morgan fingerprint density at radius 1 is 1.38 bits per heavy atom. The highest BCUT2D eigenvalue weighted by Crippen LogP contribution is 1.99. The van der Waals surface area contributed by atoms with E-state index in [2.05, 4.69) is 11.9 Å². The van der Waals surface area contributed by atoms with Crippen LogP contribution in [0.1, 0.15) is 32.6 Å². The molecule has 0 atom stereocenters. The predicted octanol–water partition coefficient (Wildman–Crippen LogP) is 1.28. The summed E-state index contributed by atoms with van der Waals surface area (Å²) in [5.41, 5.74) is -0.263. The molecule has 0 aliphatic rings. The number of carboxylic acids is 1. The first kappa shape index (κ1) is 11.7. The van der Waals surface area contributed by atoms with Crippen LogP contribution in [-0.2, 0) is 9.59 Å². The monoisotopic (exact) mass is 185 g/mol. The van der Waals surface area contributed by atoms with Gasteiger partial charge in [0.1, 0.15) is 5.70 Å². The maximum absolute atomic E-state index is 11.0. The Bertz CT molecular complexity index is 211. The Labute approximate surface area is 77.6 Å². The molecule has 13 heavy (non-hydrogen) atoms. The van der Waals surface area contributed by atoms with Crippen LogP contribution in [-0.4, -0.2) is 17.0 Å². The van der Waals surface area contributed by atoms with Gasteiger partial charge in [-0.25, -0.2) is 4.79 Å². The van der Waals surface area contributed by atoms with E-state index in [0.717, 1.165) is 19.3 Å². The predicted molar refractivity (Wildman–Crippen MR) is 49.1 cm³/mol. The molecular formula is C9H15NO3. The van der Waals surface area contributed by atoms with E-state index >= 15 is 0 Å². The molecule has 2 N–H and O–H groups in total. The van der Waals surface area contributed by atoms with Gasteiger partial charge in [-0.1, -0.05) is 26.3 Å². The summed E-state index contributed by atoms with van der Waals surface area (Å²) in [5.74, 6) is -1.47. The van der Waals surface area contributed by atoms with Crippen LogP contribution >= 0.6 is 0 Å². The van der Waals surface area contributed by atoms with Crippen LogP contribution in [0, 0.1) is 0 Å². The maximum Gasteiger partial charge on any atom is 0.351 e. The third kappa shape index (κ3) is 5.90. The van der Waals surface area contributed by atoms with Crippen molar-refractivity contribution in [2.75, 3.05) is 0 Å². The molecule has 0 aromatic rings. The molecule has 0 fully saturated rings. The molecule has 0 heterocycles. The summed E-state index contributed by atoms with van der Waals surface area (Å²) in [6, 6.07) is 0. The van der Waals surface area contributed by atoms with E-state index in [1.54, 1.807) is 0 Å². The normalized spacial score (nSPS) is 9.31. The standard InChI is InChI=1S/C9H15NO3/c1-3-4-5-6-8(11)10-7(2)9(12)13/h2-6H2,1H3,(H,10,11)(H,12,13). The van der Waals surface area contributed by atoms with Crippen molar-refractivity contribution in [1.82, 2.24) is 5.32 Å². The minimum atomic E-state index is -1.19. The van der Waals surface area contributed by atoms with E-state index < -0.39 is 5.97 Å². The van der Waals surface area contributed by atoms with Crippen LogP contribution in [0.5, 0.6) is 0 Å². The Balaban J connectivity index is 3.62. The zero-order valence-corrected chi connectivity index (χ0v) is 7.80. The van der Waals surface area contributed by atoms with Crippen molar-refractivity contribution in [3.63, 3.8) is 0 Å². The Kier molecular flexibility index (Phi) is 5.59. The van der Waals surface area contributed by atoms with Gasteiger partial charge < -0.3 is 10.4 Å². The first-order chi connectivity index (χ1) is 6.07. The molecule has 0 saturated heterocycles. The molecule has 4 nitrogen and oxygen atoms in total. The highest BCUT2D eigenvalue weighted by molar-refractivity contribution is 5.91. The molecular weight excluding hydrogens is 170 g/mol. The summed E-state index contributed by atoms with van der Waals surface area (Å²) in [6.45, 7) is 5.23. The number of hydrogen-bond acceptors (Lipinski definition) is 2. The topological polar surface area (TPSA) is 66.4 Å². The average Bonchev–Trinajstić information content (AvgIpc) is 2.04. The molecule has 74 valence electrons. The van der Waals surface area contributed by atoms with Crippen LogP contribution in [0.2, 0.25) is 0 Å². The number of aliphatic carboxylic acids is 1. The van der Waals surface area contributed by atoms with Gasteiger partial charge in [0, 0.05) is 6.42 Å². The molecule has 0 aliphatic carbocycles. The Morgan fingerprint density at radius 2 is 2.00 bits per heavy atom. The number of nitrogens with one attached hydrogen (secondary N) is 1. The lowest BCUT2D eigenvalue weighted by Gasteiger charge is -2.02. The average molecular weight is 185 g/mol. The fraction of sp³-hybridized carbons (Fsp3) is 0.556. The van der Waals surface area contributed by atoms with E-state index in [4.69, 9.17) is 5.11 Å². The van der Waals surface area contributed by atoms with Gasteiger partial charge in [-0.2, -0.15) is 0 Å². The van der Waals surface area contributed by atoms with Crippen LogP contribution in [0.15, 0.2) is 12.3 Å². The van der Waals surface area contributed by atoms with E-state index in [-0.39, 0.29) is 11.6 Å². The largest absolute Gasteiger partial charge is 0.477 e. The third-order valence-electron chi connectivity index (χ3n) is 1.56. The van der Waals surface area contributed by atoms with Crippen molar-refractivity contribution in [2.45, 2.75) is 32.6 Å². The second kappa shape index (κ2) is 6.22. The van der Waals surface area contributed by atoms with Crippen molar-refractivity contribution in [3.8, 4) is 0 Å². The molecule has 0 bridgehead atoms. The SMILES string of the molecule is C=C(NC(=O)CCCCC)C(=O)O. The molecule has 0 unspecified atom stereocenters. The lowest BCUT2D eigenvalue weighted by atomic mass is 10.2. The van der Waals surface area contributed by atoms with Crippen LogP contribution < -0.4 is 5.32 Å². The van der Waals surface area contributed by atoms with E-state index in [1.807, 2.05) is 6.92 Å². The number of rotatable bonds is 6. The molecule has 0 spiro atoms. The highest BCUT2D eigenvalue weighted by Gasteiger charge is 2.07. The van der Waals surface area contributed by atoms with Gasteiger partial charge in [-0.3, -0.25) is 4.79 Å². The second-order valence-corrected chi connectivity index (χ2v) is 2.79. The minimum Gasteiger partial charge on any atom is -0.477 e. The van der Waals surface area contributed by atoms with Gasteiger partial charge in [0.2, 0.25) is 5.91 Å². The molecule has 0 radical (unpaired) electrons. The first-order valence-corrected chi connectivity index (χ1v) is 4.30. The number of unbranched alkanes of at least 4 members (excludes halogenated alkanes) is 2. The molecule has 0 aromatic heterocycles. The fourth-order valence-corrected chi connectivity index (χ4v) is 0.820. The minimum absolute atomic E-state index is 0.263. The smallest absolute Gasteiger partial charge is 0.351 e. The highest BCUT2D eigenvalue weighted by atomic mass is 16.4. The number of carboxylic acid groups (broad SMARTS) is 1. The first-order valence-electron chi connectivity index (χ1n) is 4.30. The summed E-state index contributed by atoms with van der Waals surface area (Å²) >= 11 is 0. The zero-order valence-electron chi connectivity index (χ0n) is 7.80. The van der Waals surface area contributed by atoms with E-state index in [0.29, 0.717) is 6.42 Å². The summed E-state index contributed by atoms with van der Waals surface area (Å²) < 4.78 is 0. The Morgan fingerprint density at radius 3 is 2.46 bits per heavy atom. The van der Waals surface area contributed by atoms with E-state index in [9.17, 15) is 9.59 Å². The second-order valence-electron chi connectivity index (χ2n) is 2.79. The summed E-state index contributed by atoms with van der Waals surface area (Å²) in [4.78, 5) is 21.2. The van der Waals surface area contributed by atoms with E-state index in [1.165, 1.54) is 0 Å². The number of amides is 1. The molecule has 0 aliphatic heterocycles. The van der Waals surface area contributed by atoms with Crippen molar-refractivity contribution in [2.24, 2.45) is 0 Å². The van der Waals surface area contributed by atoms with Crippen molar-refractivity contribution >= 4 is 11.9 Å². The summed E-state index contributed by atoms with van der Waals surface area (Å²) in [7, 11) is 0. The van der Waals surface area contributed by atoms with Crippen LogP contribution in [0.3, 0.4) is 0 Å². The maximum atomic E-state index is 11.0. The number of carbonyl (C=O) groups excluding carboxylic acids is 1. The lowest BCUT2D eigenvalue weighted by Crippen LogP contribution is -2.26. The van der Waals surface area contributed by atoms with Crippen molar-refractivity contribution in [3.05, 3.63) is 12.3 Å². The summed E-state index contributed by atoms with van der Waals surface area (Å²) in [5, 5.41) is 10.6. The van der Waals surface area contributed by atoms with Gasteiger partial charge in [-0.15, -0.1) is 0 Å². The van der Waals surface area contributed by atoms with Gasteiger partial charge >= 0.3 is 5.97 Å². The van der Waals surface area contributed by atoms with Gasteiger partial charge in [-0.05, 0) is 6.42 Å². The molecule has 1 amide bonds. The summed E-state index contributed by atoms with van der Waals surface area (Å²) in [6.07, 6.45) is 3.16. The van der Waals surface area contributed by atoms with Crippen LogP contribution in [0.25, 0.3) is 0 Å². The van der Waals surface area contributed by atoms with Crippen molar-refractivity contribution in [1.29, 1.82) is 0 Å². The zero-order chi connectivity index (χ0) is 10.3. The number of carbonyl (C=O) groups is 2. The van der Waals surface area contributed by atoms with Gasteiger partial charge in [0.25, 0.3) is 0 Å². The van der Waals surface area contributed by atoms with Gasteiger partial charge in [0.05, 0.1) is 0 Å². The van der Waals surface area contributed by atoms with Gasteiger partial charge in [0.15, 0.2) is 0 Å². The molecule has 0 saturated carbocycles. The molecule has 0 aromatic carbocycles. The van der Waals surface area contributed by atoms with Crippen molar-refractivity contribution < 1.29 is 14.7 Å².